The number of hydrogen-bond acceptors (Lipinski definition) is 1. The van der Waals surface area contributed by atoms with Gasteiger partial charge in [0.25, 0.3) is 0 Å². The van der Waals surface area contributed by atoms with Crippen LogP contribution in [0.15, 0.2) is 22.7 Å². The molecule has 0 spiro atoms. The zero-order valence-corrected chi connectivity index (χ0v) is 11.2. The number of Topliss-reactive ketones (excluding diaryl/α,β-unsaturated/α-hetero) is 1. The van der Waals surface area contributed by atoms with Crippen molar-refractivity contribution in [2.24, 2.45) is 5.92 Å². The van der Waals surface area contributed by atoms with Crippen molar-refractivity contribution in [2.75, 3.05) is 0 Å². The Morgan fingerprint density at radius 3 is 2.75 bits per heavy atom. The van der Waals surface area contributed by atoms with Crippen molar-refractivity contribution < 1.29 is 9.18 Å². The molecule has 0 unspecified atom stereocenters. The monoisotopic (exact) mass is 286 g/mol. The van der Waals surface area contributed by atoms with Gasteiger partial charge in [-0.05, 0) is 39.9 Å². The second-order valence-corrected chi connectivity index (χ2v) is 5.15. The summed E-state index contributed by atoms with van der Waals surface area (Å²) in [6.45, 7) is 4.18. The minimum absolute atomic E-state index is 0.167. The van der Waals surface area contributed by atoms with Crippen LogP contribution in [0, 0.1) is 11.7 Å². The first kappa shape index (κ1) is 13.4. The van der Waals surface area contributed by atoms with Crippen molar-refractivity contribution in [3.05, 3.63) is 34.1 Å². The Morgan fingerprint density at radius 2 is 2.12 bits per heavy atom. The van der Waals surface area contributed by atoms with Gasteiger partial charge in [-0.3, -0.25) is 4.79 Å². The van der Waals surface area contributed by atoms with E-state index in [9.17, 15) is 9.18 Å². The number of carbonyl (C=O) groups is 1. The zero-order valence-electron chi connectivity index (χ0n) is 9.59. The molecule has 0 amide bonds. The summed E-state index contributed by atoms with van der Waals surface area (Å²) in [6, 6.07) is 4.79. The van der Waals surface area contributed by atoms with E-state index in [0.717, 1.165) is 12.0 Å². The average molecular weight is 287 g/mol. The summed E-state index contributed by atoms with van der Waals surface area (Å²) < 4.78 is 13.6. The number of ketones is 1. The Kier molecular flexibility index (Phi) is 5.13. The minimum atomic E-state index is -0.311. The van der Waals surface area contributed by atoms with E-state index in [1.165, 1.54) is 6.07 Å². The van der Waals surface area contributed by atoms with E-state index >= 15 is 0 Å². The van der Waals surface area contributed by atoms with Crippen LogP contribution in [0.3, 0.4) is 0 Å². The van der Waals surface area contributed by atoms with Crippen LogP contribution < -0.4 is 0 Å². The van der Waals surface area contributed by atoms with E-state index < -0.39 is 0 Å². The molecule has 0 atom stereocenters. The number of benzene rings is 1. The maximum Gasteiger partial charge on any atom is 0.137 e. The Morgan fingerprint density at radius 1 is 1.44 bits per heavy atom. The van der Waals surface area contributed by atoms with Crippen molar-refractivity contribution >= 4 is 21.7 Å². The third-order valence-corrected chi connectivity index (χ3v) is 3.31. The normalized spacial score (nSPS) is 10.8. The highest BCUT2D eigenvalue weighted by molar-refractivity contribution is 9.10. The molecule has 1 rings (SSSR count). The lowest BCUT2D eigenvalue weighted by Crippen LogP contribution is -2.05. The fraction of sp³-hybridized carbons (Fsp3) is 0.462. The number of rotatable bonds is 5. The lowest BCUT2D eigenvalue weighted by molar-refractivity contribution is -0.118. The summed E-state index contributed by atoms with van der Waals surface area (Å²) >= 11 is 3.16. The first-order valence-corrected chi connectivity index (χ1v) is 6.24. The molecule has 16 heavy (non-hydrogen) atoms. The van der Waals surface area contributed by atoms with E-state index in [1.54, 1.807) is 12.1 Å². The smallest absolute Gasteiger partial charge is 0.137 e. The molecule has 0 aliphatic rings. The minimum Gasteiger partial charge on any atom is -0.299 e. The third-order valence-electron chi connectivity index (χ3n) is 2.42. The summed E-state index contributed by atoms with van der Waals surface area (Å²) in [5, 5.41) is 0. The van der Waals surface area contributed by atoms with Gasteiger partial charge in [0.15, 0.2) is 0 Å². The summed E-state index contributed by atoms with van der Waals surface area (Å²) in [5.74, 6) is 0.383. The maximum atomic E-state index is 13.2. The molecule has 0 aliphatic heterocycles. The Bertz CT molecular complexity index is 374. The standard InChI is InChI=1S/C13H16BrFO/c1-9(2)6-7-11(16)8-10-4-3-5-12(15)13(10)14/h3-5,9H,6-8H2,1-2H3. The lowest BCUT2D eigenvalue weighted by atomic mass is 10.0. The summed E-state index contributed by atoms with van der Waals surface area (Å²) in [6.07, 6.45) is 1.78. The highest BCUT2D eigenvalue weighted by Crippen LogP contribution is 2.21. The predicted octanol–water partition coefficient (Wildman–Crippen LogP) is 4.14. The molecular weight excluding hydrogens is 271 g/mol. The van der Waals surface area contributed by atoms with Crippen molar-refractivity contribution in [3.63, 3.8) is 0 Å². The molecule has 0 radical (unpaired) electrons. The first-order valence-electron chi connectivity index (χ1n) is 5.45. The van der Waals surface area contributed by atoms with Crippen LogP contribution in [0.1, 0.15) is 32.3 Å². The Balaban J connectivity index is 2.59. The van der Waals surface area contributed by atoms with Crippen LogP contribution in [-0.4, -0.2) is 5.78 Å². The van der Waals surface area contributed by atoms with E-state index in [1.807, 2.05) is 0 Å². The molecule has 3 heteroatoms. The first-order chi connectivity index (χ1) is 7.50. The van der Waals surface area contributed by atoms with Gasteiger partial charge in [0.05, 0.1) is 4.47 Å². The second-order valence-electron chi connectivity index (χ2n) is 4.36. The average Bonchev–Trinajstić information content (AvgIpc) is 2.22. The van der Waals surface area contributed by atoms with Crippen molar-refractivity contribution in [3.8, 4) is 0 Å². The van der Waals surface area contributed by atoms with Gasteiger partial charge >= 0.3 is 0 Å². The van der Waals surface area contributed by atoms with Crippen molar-refractivity contribution in [1.29, 1.82) is 0 Å². The Labute approximate surface area is 104 Å². The molecule has 0 bridgehead atoms. The van der Waals surface area contributed by atoms with Gasteiger partial charge < -0.3 is 0 Å². The molecule has 0 saturated heterocycles. The van der Waals surface area contributed by atoms with Gasteiger partial charge in [-0.25, -0.2) is 4.39 Å². The predicted molar refractivity (Wildman–Crippen MR) is 66.9 cm³/mol. The molecule has 1 aromatic carbocycles. The number of hydrogen-bond donors (Lipinski definition) is 0. The SMILES string of the molecule is CC(C)CCC(=O)Cc1cccc(F)c1Br. The number of halogens is 2. The van der Waals surface area contributed by atoms with Gasteiger partial charge in [-0.1, -0.05) is 26.0 Å². The maximum absolute atomic E-state index is 13.2. The van der Waals surface area contributed by atoms with Crippen LogP contribution in [0.2, 0.25) is 0 Å². The lowest BCUT2D eigenvalue weighted by Gasteiger charge is -2.06. The Hall–Kier alpha value is -0.700. The highest BCUT2D eigenvalue weighted by Gasteiger charge is 2.10. The highest BCUT2D eigenvalue weighted by atomic mass is 79.9. The summed E-state index contributed by atoms with van der Waals surface area (Å²) in [7, 11) is 0. The topological polar surface area (TPSA) is 17.1 Å². The molecule has 0 N–H and O–H groups in total. The zero-order chi connectivity index (χ0) is 12.1. The van der Waals surface area contributed by atoms with Crippen LogP contribution in [0.4, 0.5) is 4.39 Å². The van der Waals surface area contributed by atoms with Gasteiger partial charge in [0.1, 0.15) is 11.6 Å². The van der Waals surface area contributed by atoms with Crippen molar-refractivity contribution in [1.82, 2.24) is 0 Å². The van der Waals surface area contributed by atoms with E-state index in [0.29, 0.717) is 23.2 Å². The molecule has 0 heterocycles. The van der Waals surface area contributed by atoms with Gasteiger partial charge in [-0.2, -0.15) is 0 Å². The van der Waals surface area contributed by atoms with Gasteiger partial charge in [0.2, 0.25) is 0 Å². The third kappa shape index (κ3) is 4.05. The summed E-state index contributed by atoms with van der Waals surface area (Å²) in [4.78, 5) is 11.6. The molecule has 0 saturated carbocycles. The van der Waals surface area contributed by atoms with E-state index in [4.69, 9.17) is 0 Å². The van der Waals surface area contributed by atoms with E-state index in [2.05, 4.69) is 29.8 Å². The molecular formula is C13H16BrFO. The fourth-order valence-corrected chi connectivity index (χ4v) is 1.84. The molecule has 1 aromatic rings. The molecule has 88 valence electrons. The fourth-order valence-electron chi connectivity index (χ4n) is 1.44. The van der Waals surface area contributed by atoms with E-state index in [-0.39, 0.29) is 11.6 Å². The van der Waals surface area contributed by atoms with Gasteiger partial charge in [-0.15, -0.1) is 0 Å². The molecule has 0 fully saturated rings. The molecule has 0 aromatic heterocycles. The molecule has 0 aliphatic carbocycles. The largest absolute Gasteiger partial charge is 0.299 e. The quantitative estimate of drug-likeness (QED) is 0.795. The van der Waals surface area contributed by atoms with Crippen LogP contribution in [0.25, 0.3) is 0 Å². The number of carbonyl (C=O) groups excluding carboxylic acids is 1. The van der Waals surface area contributed by atoms with Crippen LogP contribution in [-0.2, 0) is 11.2 Å². The second kappa shape index (κ2) is 6.14. The van der Waals surface area contributed by atoms with Crippen LogP contribution in [0.5, 0.6) is 0 Å². The van der Waals surface area contributed by atoms with Gasteiger partial charge in [0, 0.05) is 12.8 Å². The molecule has 1 nitrogen and oxygen atoms in total. The van der Waals surface area contributed by atoms with Crippen molar-refractivity contribution in [2.45, 2.75) is 33.1 Å². The van der Waals surface area contributed by atoms with Crippen LogP contribution >= 0.6 is 15.9 Å². The summed E-state index contributed by atoms with van der Waals surface area (Å²) in [5.41, 5.74) is 0.730.